The van der Waals surface area contributed by atoms with Gasteiger partial charge < -0.3 is 5.32 Å². The Bertz CT molecular complexity index is 302. The van der Waals surface area contributed by atoms with Crippen molar-refractivity contribution in [2.45, 2.75) is 27.3 Å². The first kappa shape index (κ1) is 12.0. The smallest absolute Gasteiger partial charge is 0.0538 e. The minimum absolute atomic E-state index is 0.708. The summed E-state index contributed by atoms with van der Waals surface area (Å²) in [5.74, 6) is 1.44. The fourth-order valence-electron chi connectivity index (χ4n) is 1.25. The Balaban J connectivity index is 2.28. The van der Waals surface area contributed by atoms with Gasteiger partial charge in [-0.1, -0.05) is 27.4 Å². The van der Waals surface area contributed by atoms with Crippen LogP contribution in [0.5, 0.6) is 0 Å². The van der Waals surface area contributed by atoms with Crippen LogP contribution in [0, 0.1) is 11.8 Å². The molecule has 1 atom stereocenters. The molecule has 3 heteroatoms. The summed E-state index contributed by atoms with van der Waals surface area (Å²) in [4.78, 5) is 0. The topological polar surface area (TPSA) is 29.9 Å². The number of hydrogen-bond acceptors (Lipinski definition) is 2. The van der Waals surface area contributed by atoms with E-state index < -0.39 is 0 Å². The molecular weight excluding hydrogens is 186 g/mol. The molecule has 15 heavy (non-hydrogen) atoms. The number of aromatic nitrogens is 2. The second kappa shape index (κ2) is 5.71. The zero-order chi connectivity index (χ0) is 11.3. The molecule has 0 radical (unpaired) electrons. The average Bonchev–Trinajstić information content (AvgIpc) is 2.65. The maximum atomic E-state index is 4.13. The van der Waals surface area contributed by atoms with E-state index in [9.17, 15) is 0 Å². The minimum atomic E-state index is 0.708. The summed E-state index contributed by atoms with van der Waals surface area (Å²) in [6.45, 7) is 12.4. The number of hydrogen-bond donors (Lipinski definition) is 1. The van der Waals surface area contributed by atoms with Crippen molar-refractivity contribution in [1.29, 1.82) is 0 Å². The van der Waals surface area contributed by atoms with Crippen molar-refractivity contribution in [2.75, 3.05) is 6.54 Å². The normalized spacial score (nSPS) is 13.1. The second-order valence-electron chi connectivity index (χ2n) is 4.36. The van der Waals surface area contributed by atoms with Gasteiger partial charge in [-0.15, -0.1) is 0 Å². The van der Waals surface area contributed by atoms with Crippen LogP contribution in [0.4, 0.5) is 0 Å². The van der Waals surface area contributed by atoms with Crippen molar-refractivity contribution >= 4 is 6.20 Å². The van der Waals surface area contributed by atoms with E-state index >= 15 is 0 Å². The summed E-state index contributed by atoms with van der Waals surface area (Å²) in [5.41, 5.74) is 1.20. The quantitative estimate of drug-likeness (QED) is 0.776. The van der Waals surface area contributed by atoms with Gasteiger partial charge in [-0.25, -0.2) is 4.68 Å². The van der Waals surface area contributed by atoms with Gasteiger partial charge >= 0.3 is 0 Å². The Hall–Kier alpha value is -1.09. The fraction of sp³-hybridized carbons (Fsp3) is 0.583. The van der Waals surface area contributed by atoms with Gasteiger partial charge in [-0.2, -0.15) is 5.10 Å². The van der Waals surface area contributed by atoms with Crippen LogP contribution in [0.3, 0.4) is 0 Å². The highest BCUT2D eigenvalue weighted by molar-refractivity contribution is 5.17. The maximum absolute atomic E-state index is 4.13. The van der Waals surface area contributed by atoms with E-state index in [1.165, 1.54) is 5.56 Å². The molecule has 1 rings (SSSR count). The van der Waals surface area contributed by atoms with Crippen LogP contribution in [0.2, 0.25) is 0 Å². The monoisotopic (exact) mass is 207 g/mol. The molecule has 0 fully saturated rings. The number of nitrogens with zero attached hydrogens (tertiary/aromatic N) is 2. The first-order valence-electron chi connectivity index (χ1n) is 5.49. The Morgan fingerprint density at radius 3 is 2.80 bits per heavy atom. The Labute approximate surface area is 92.2 Å². The number of nitrogens with one attached hydrogen (secondary N) is 1. The Kier molecular flexibility index (Phi) is 4.56. The lowest BCUT2D eigenvalue weighted by Crippen LogP contribution is -2.23. The lowest BCUT2D eigenvalue weighted by atomic mass is 9.98. The van der Waals surface area contributed by atoms with Crippen LogP contribution >= 0.6 is 0 Å². The highest BCUT2D eigenvalue weighted by atomic mass is 15.2. The predicted octanol–water partition coefficient (Wildman–Crippen LogP) is 2.37. The fourth-order valence-corrected chi connectivity index (χ4v) is 1.25. The lowest BCUT2D eigenvalue weighted by molar-refractivity contribution is 0.392. The standard InChI is InChI=1S/C12H21N3/c1-5-15-9-12(8-14-15)7-13-6-11(4)10(2)3/h5,8-11,13H,1,6-7H2,2-4H3. The zero-order valence-corrected chi connectivity index (χ0v) is 9.90. The van der Waals surface area contributed by atoms with Gasteiger partial charge in [0.1, 0.15) is 0 Å². The van der Waals surface area contributed by atoms with Crippen LogP contribution < -0.4 is 5.32 Å². The molecule has 1 N–H and O–H groups in total. The highest BCUT2D eigenvalue weighted by Gasteiger charge is 2.06. The molecule has 84 valence electrons. The molecule has 0 aliphatic carbocycles. The van der Waals surface area contributed by atoms with Gasteiger partial charge in [0, 0.05) is 24.5 Å². The summed E-state index contributed by atoms with van der Waals surface area (Å²) < 4.78 is 1.73. The second-order valence-corrected chi connectivity index (χ2v) is 4.36. The highest BCUT2D eigenvalue weighted by Crippen LogP contribution is 2.08. The van der Waals surface area contributed by atoms with Crippen molar-refractivity contribution in [1.82, 2.24) is 15.1 Å². The largest absolute Gasteiger partial charge is 0.312 e. The molecule has 0 saturated carbocycles. The van der Waals surface area contributed by atoms with Gasteiger partial charge in [-0.3, -0.25) is 0 Å². The van der Waals surface area contributed by atoms with Crippen LogP contribution in [0.1, 0.15) is 26.3 Å². The molecule has 0 spiro atoms. The van der Waals surface area contributed by atoms with Crippen LogP contribution in [0.15, 0.2) is 19.0 Å². The van der Waals surface area contributed by atoms with Crippen molar-refractivity contribution in [3.63, 3.8) is 0 Å². The predicted molar refractivity (Wildman–Crippen MR) is 64.3 cm³/mol. The molecular formula is C12H21N3. The molecule has 0 saturated heterocycles. The van der Waals surface area contributed by atoms with E-state index in [0.717, 1.165) is 19.0 Å². The summed E-state index contributed by atoms with van der Waals surface area (Å²) in [6.07, 6.45) is 5.55. The van der Waals surface area contributed by atoms with Crippen molar-refractivity contribution in [3.05, 3.63) is 24.5 Å². The maximum Gasteiger partial charge on any atom is 0.0538 e. The third kappa shape index (κ3) is 3.88. The summed E-state index contributed by atoms with van der Waals surface area (Å²) in [7, 11) is 0. The molecule has 1 aromatic heterocycles. The van der Waals surface area contributed by atoms with Gasteiger partial charge in [0.2, 0.25) is 0 Å². The summed E-state index contributed by atoms with van der Waals surface area (Å²) >= 11 is 0. The van der Waals surface area contributed by atoms with Crippen molar-refractivity contribution < 1.29 is 0 Å². The molecule has 1 unspecified atom stereocenters. The van der Waals surface area contributed by atoms with E-state index in [1.807, 2.05) is 12.4 Å². The first-order chi connectivity index (χ1) is 7.13. The molecule has 0 aliphatic heterocycles. The molecule has 1 aromatic rings. The van der Waals surface area contributed by atoms with E-state index in [-0.39, 0.29) is 0 Å². The van der Waals surface area contributed by atoms with E-state index in [2.05, 4.69) is 37.8 Å². The van der Waals surface area contributed by atoms with Crippen molar-refractivity contribution in [2.24, 2.45) is 11.8 Å². The molecule has 0 amide bonds. The van der Waals surface area contributed by atoms with E-state index in [1.54, 1.807) is 10.9 Å². The zero-order valence-electron chi connectivity index (χ0n) is 9.90. The van der Waals surface area contributed by atoms with E-state index in [0.29, 0.717) is 5.92 Å². The minimum Gasteiger partial charge on any atom is -0.312 e. The Morgan fingerprint density at radius 1 is 1.53 bits per heavy atom. The van der Waals surface area contributed by atoms with Gasteiger partial charge in [0.05, 0.1) is 6.20 Å². The van der Waals surface area contributed by atoms with Crippen LogP contribution in [0.25, 0.3) is 6.20 Å². The van der Waals surface area contributed by atoms with Gasteiger partial charge in [0.25, 0.3) is 0 Å². The van der Waals surface area contributed by atoms with Gasteiger partial charge in [0.15, 0.2) is 0 Å². The SMILES string of the molecule is C=Cn1cc(CNCC(C)C(C)C)cn1. The third-order valence-corrected chi connectivity index (χ3v) is 2.78. The molecule has 3 nitrogen and oxygen atoms in total. The molecule has 1 heterocycles. The molecule has 0 aliphatic rings. The van der Waals surface area contributed by atoms with Crippen LogP contribution in [-0.4, -0.2) is 16.3 Å². The molecule has 0 bridgehead atoms. The van der Waals surface area contributed by atoms with Gasteiger partial charge in [-0.05, 0) is 18.4 Å². The van der Waals surface area contributed by atoms with Crippen LogP contribution in [-0.2, 0) is 6.54 Å². The lowest BCUT2D eigenvalue weighted by Gasteiger charge is -2.15. The molecule has 0 aromatic carbocycles. The Morgan fingerprint density at radius 2 is 2.27 bits per heavy atom. The summed E-state index contributed by atoms with van der Waals surface area (Å²) in [6, 6.07) is 0. The average molecular weight is 207 g/mol. The van der Waals surface area contributed by atoms with Crippen molar-refractivity contribution in [3.8, 4) is 0 Å². The third-order valence-electron chi connectivity index (χ3n) is 2.78. The van der Waals surface area contributed by atoms with E-state index in [4.69, 9.17) is 0 Å². The summed E-state index contributed by atoms with van der Waals surface area (Å²) in [5, 5.41) is 7.56. The first-order valence-corrected chi connectivity index (χ1v) is 5.49. The number of rotatable bonds is 6.